The van der Waals surface area contributed by atoms with Gasteiger partial charge in [0.1, 0.15) is 5.54 Å². The second kappa shape index (κ2) is 6.06. The minimum Gasteiger partial charge on any atom is -0.379 e. The largest absolute Gasteiger partial charge is 0.379 e. The molecular weight excluding hydrogens is 192 g/mol. The first kappa shape index (κ1) is 12.4. The van der Waals surface area contributed by atoms with Crippen molar-refractivity contribution < 1.29 is 9.47 Å². The Morgan fingerprint density at radius 3 is 3.00 bits per heavy atom. The van der Waals surface area contributed by atoms with Crippen molar-refractivity contribution in [3.8, 4) is 6.07 Å². The zero-order valence-electron chi connectivity index (χ0n) is 9.58. The third kappa shape index (κ3) is 4.17. The predicted molar refractivity (Wildman–Crippen MR) is 57.5 cm³/mol. The summed E-state index contributed by atoms with van der Waals surface area (Å²) in [6, 6.07) is 2.27. The Kier molecular flexibility index (Phi) is 5.03. The maximum Gasteiger partial charge on any atom is 0.103 e. The highest BCUT2D eigenvalue weighted by molar-refractivity contribution is 5.02. The number of nitrogens with zero attached hydrogens (tertiary/aromatic N) is 1. The van der Waals surface area contributed by atoms with Crippen molar-refractivity contribution in [1.82, 2.24) is 5.32 Å². The monoisotopic (exact) mass is 212 g/mol. The zero-order valence-corrected chi connectivity index (χ0v) is 9.58. The fourth-order valence-corrected chi connectivity index (χ4v) is 1.56. The topological polar surface area (TPSA) is 54.3 Å². The summed E-state index contributed by atoms with van der Waals surface area (Å²) in [7, 11) is 1.81. The van der Waals surface area contributed by atoms with Crippen LogP contribution < -0.4 is 5.32 Å². The second-order valence-electron chi connectivity index (χ2n) is 4.15. The lowest BCUT2D eigenvalue weighted by Crippen LogP contribution is -2.38. The van der Waals surface area contributed by atoms with E-state index in [1.807, 2.05) is 14.0 Å². The SMILES string of the molecule is CNC(C)(C#N)CCCOC1CCOC1. The molecule has 1 saturated heterocycles. The van der Waals surface area contributed by atoms with E-state index in [1.165, 1.54) is 0 Å². The first-order chi connectivity index (χ1) is 7.20. The van der Waals surface area contributed by atoms with Gasteiger partial charge in [-0.15, -0.1) is 0 Å². The molecule has 4 heteroatoms. The van der Waals surface area contributed by atoms with Crippen LogP contribution in [0.15, 0.2) is 0 Å². The van der Waals surface area contributed by atoms with Gasteiger partial charge in [0, 0.05) is 13.2 Å². The molecule has 1 aliphatic rings. The lowest BCUT2D eigenvalue weighted by atomic mass is 9.98. The minimum atomic E-state index is -0.421. The van der Waals surface area contributed by atoms with Crippen molar-refractivity contribution in [1.29, 1.82) is 5.26 Å². The summed E-state index contributed by atoms with van der Waals surface area (Å²) in [5.74, 6) is 0. The van der Waals surface area contributed by atoms with Crippen LogP contribution in [0.2, 0.25) is 0 Å². The highest BCUT2D eigenvalue weighted by Gasteiger charge is 2.21. The molecule has 1 aliphatic heterocycles. The molecule has 0 aromatic carbocycles. The molecule has 2 atom stereocenters. The van der Waals surface area contributed by atoms with Crippen LogP contribution in [0.3, 0.4) is 0 Å². The molecule has 0 amide bonds. The summed E-state index contributed by atoms with van der Waals surface area (Å²) >= 11 is 0. The standard InChI is InChI=1S/C11H20N2O2/c1-11(9-12,13-2)5-3-6-15-10-4-7-14-8-10/h10,13H,3-8H2,1-2H3. The first-order valence-corrected chi connectivity index (χ1v) is 5.50. The summed E-state index contributed by atoms with van der Waals surface area (Å²) in [6.07, 6.45) is 2.99. The lowest BCUT2D eigenvalue weighted by Gasteiger charge is -2.20. The third-order valence-corrected chi connectivity index (χ3v) is 2.86. The average molecular weight is 212 g/mol. The van der Waals surface area contributed by atoms with Gasteiger partial charge in [-0.1, -0.05) is 0 Å². The fraction of sp³-hybridized carbons (Fsp3) is 0.909. The molecular formula is C11H20N2O2. The van der Waals surface area contributed by atoms with Gasteiger partial charge in [-0.2, -0.15) is 5.26 Å². The van der Waals surface area contributed by atoms with E-state index >= 15 is 0 Å². The van der Waals surface area contributed by atoms with E-state index in [2.05, 4.69) is 11.4 Å². The van der Waals surface area contributed by atoms with Crippen LogP contribution in [0.1, 0.15) is 26.2 Å². The van der Waals surface area contributed by atoms with Gasteiger partial charge in [0.25, 0.3) is 0 Å². The van der Waals surface area contributed by atoms with Crippen molar-refractivity contribution in [2.45, 2.75) is 37.8 Å². The van der Waals surface area contributed by atoms with Crippen LogP contribution >= 0.6 is 0 Å². The van der Waals surface area contributed by atoms with Gasteiger partial charge in [0.15, 0.2) is 0 Å². The van der Waals surface area contributed by atoms with Crippen LogP contribution in [-0.2, 0) is 9.47 Å². The van der Waals surface area contributed by atoms with Crippen molar-refractivity contribution in [3.63, 3.8) is 0 Å². The number of nitriles is 1. The van der Waals surface area contributed by atoms with Crippen molar-refractivity contribution >= 4 is 0 Å². The summed E-state index contributed by atoms with van der Waals surface area (Å²) in [5, 5.41) is 11.9. The molecule has 15 heavy (non-hydrogen) atoms. The molecule has 1 heterocycles. The highest BCUT2D eigenvalue weighted by atomic mass is 16.5. The Bertz CT molecular complexity index is 221. The number of nitrogens with one attached hydrogen (secondary N) is 1. The quantitative estimate of drug-likeness (QED) is 0.669. The molecule has 1 fully saturated rings. The average Bonchev–Trinajstić information content (AvgIpc) is 2.77. The molecule has 0 spiro atoms. The van der Waals surface area contributed by atoms with Gasteiger partial charge in [0.2, 0.25) is 0 Å². The van der Waals surface area contributed by atoms with E-state index in [1.54, 1.807) is 0 Å². The molecule has 0 saturated carbocycles. The first-order valence-electron chi connectivity index (χ1n) is 5.50. The summed E-state index contributed by atoms with van der Waals surface area (Å²) < 4.78 is 10.8. The van der Waals surface area contributed by atoms with E-state index in [9.17, 15) is 0 Å². The Hall–Kier alpha value is -0.630. The summed E-state index contributed by atoms with van der Waals surface area (Å²) in [6.45, 7) is 4.16. The van der Waals surface area contributed by atoms with Gasteiger partial charge in [-0.3, -0.25) is 0 Å². The molecule has 86 valence electrons. The van der Waals surface area contributed by atoms with Crippen LogP contribution in [0.25, 0.3) is 0 Å². The molecule has 2 unspecified atom stereocenters. The predicted octanol–water partition coefficient (Wildman–Crippen LogP) is 1.07. The number of ether oxygens (including phenoxy) is 2. The number of hydrogen-bond acceptors (Lipinski definition) is 4. The smallest absolute Gasteiger partial charge is 0.103 e. The van der Waals surface area contributed by atoms with E-state index in [4.69, 9.17) is 14.7 Å². The molecule has 1 N–H and O–H groups in total. The zero-order chi connectivity index (χ0) is 11.1. The van der Waals surface area contributed by atoms with Crippen molar-refractivity contribution in [2.75, 3.05) is 26.9 Å². The normalized spacial score (nSPS) is 24.7. The molecule has 4 nitrogen and oxygen atoms in total. The third-order valence-electron chi connectivity index (χ3n) is 2.86. The summed E-state index contributed by atoms with van der Waals surface area (Å²) in [4.78, 5) is 0. The molecule has 1 rings (SSSR count). The van der Waals surface area contributed by atoms with Crippen LogP contribution in [0.5, 0.6) is 0 Å². The van der Waals surface area contributed by atoms with Crippen LogP contribution in [0, 0.1) is 11.3 Å². The Morgan fingerprint density at radius 2 is 2.47 bits per heavy atom. The molecule has 0 aromatic rings. The highest BCUT2D eigenvalue weighted by Crippen LogP contribution is 2.13. The Balaban J connectivity index is 2.08. The van der Waals surface area contributed by atoms with Gasteiger partial charge < -0.3 is 14.8 Å². The molecule has 0 radical (unpaired) electrons. The Labute approximate surface area is 91.6 Å². The Morgan fingerprint density at radius 1 is 1.67 bits per heavy atom. The number of rotatable bonds is 6. The molecule has 0 aliphatic carbocycles. The van der Waals surface area contributed by atoms with E-state index < -0.39 is 5.54 Å². The van der Waals surface area contributed by atoms with Crippen LogP contribution in [0.4, 0.5) is 0 Å². The van der Waals surface area contributed by atoms with Crippen molar-refractivity contribution in [3.05, 3.63) is 0 Å². The maximum absolute atomic E-state index is 8.92. The molecule has 0 aromatic heterocycles. The minimum absolute atomic E-state index is 0.271. The van der Waals surface area contributed by atoms with E-state index in [0.717, 1.165) is 32.5 Å². The van der Waals surface area contributed by atoms with Crippen LogP contribution in [-0.4, -0.2) is 38.5 Å². The fourth-order valence-electron chi connectivity index (χ4n) is 1.56. The van der Waals surface area contributed by atoms with E-state index in [-0.39, 0.29) is 6.10 Å². The maximum atomic E-state index is 8.92. The second-order valence-corrected chi connectivity index (χ2v) is 4.15. The lowest BCUT2D eigenvalue weighted by molar-refractivity contribution is 0.0391. The van der Waals surface area contributed by atoms with Gasteiger partial charge in [-0.25, -0.2) is 0 Å². The van der Waals surface area contributed by atoms with Crippen molar-refractivity contribution in [2.24, 2.45) is 0 Å². The van der Waals surface area contributed by atoms with Gasteiger partial charge >= 0.3 is 0 Å². The van der Waals surface area contributed by atoms with Gasteiger partial charge in [-0.05, 0) is 33.2 Å². The number of hydrogen-bond donors (Lipinski definition) is 1. The summed E-state index contributed by atoms with van der Waals surface area (Å²) in [5.41, 5.74) is -0.421. The molecule has 0 bridgehead atoms. The van der Waals surface area contributed by atoms with Gasteiger partial charge in [0.05, 0.1) is 18.8 Å². The van der Waals surface area contributed by atoms with E-state index in [0.29, 0.717) is 6.61 Å².